The van der Waals surface area contributed by atoms with Crippen LogP contribution >= 0.6 is 12.4 Å². The zero-order chi connectivity index (χ0) is 11.4. The Kier molecular flexibility index (Phi) is 5.44. The van der Waals surface area contributed by atoms with E-state index in [2.05, 4.69) is 15.8 Å². The standard InChI is InChI=1S/C11H17N3O2.ClH/c1-8-6-9(16-14-8)7-13-11(15)10-4-2-3-5-12-10;/h6,10,12H,2-5,7H2,1H3,(H,13,15);1H/t10-;/m1./s1. The highest BCUT2D eigenvalue weighted by Crippen LogP contribution is 2.07. The molecule has 1 aliphatic heterocycles. The second-order valence-electron chi connectivity index (χ2n) is 4.15. The highest BCUT2D eigenvalue weighted by Gasteiger charge is 2.20. The quantitative estimate of drug-likeness (QED) is 0.855. The number of aromatic nitrogens is 1. The van der Waals surface area contributed by atoms with Crippen molar-refractivity contribution in [2.45, 2.75) is 38.8 Å². The highest BCUT2D eigenvalue weighted by atomic mass is 35.5. The van der Waals surface area contributed by atoms with Crippen molar-refractivity contribution in [3.63, 3.8) is 0 Å². The molecule has 2 N–H and O–H groups in total. The number of rotatable bonds is 3. The molecule has 1 amide bonds. The fourth-order valence-corrected chi connectivity index (χ4v) is 1.87. The van der Waals surface area contributed by atoms with Gasteiger partial charge >= 0.3 is 0 Å². The van der Waals surface area contributed by atoms with E-state index in [0.29, 0.717) is 12.3 Å². The number of carbonyl (C=O) groups excluding carboxylic acids is 1. The Balaban J connectivity index is 0.00000144. The van der Waals surface area contributed by atoms with Gasteiger partial charge in [-0.15, -0.1) is 12.4 Å². The summed E-state index contributed by atoms with van der Waals surface area (Å²) >= 11 is 0. The summed E-state index contributed by atoms with van der Waals surface area (Å²) in [4.78, 5) is 11.7. The number of nitrogens with one attached hydrogen (secondary N) is 2. The molecule has 1 aliphatic rings. The lowest BCUT2D eigenvalue weighted by Gasteiger charge is -2.22. The fraction of sp³-hybridized carbons (Fsp3) is 0.636. The molecule has 1 saturated heterocycles. The zero-order valence-corrected chi connectivity index (χ0v) is 10.7. The lowest BCUT2D eigenvalue weighted by atomic mass is 10.0. The van der Waals surface area contributed by atoms with E-state index in [1.54, 1.807) is 0 Å². The third-order valence-electron chi connectivity index (χ3n) is 2.74. The second-order valence-corrected chi connectivity index (χ2v) is 4.15. The van der Waals surface area contributed by atoms with Crippen LogP contribution in [0.15, 0.2) is 10.6 Å². The van der Waals surface area contributed by atoms with Gasteiger partial charge in [-0.05, 0) is 26.3 Å². The fourth-order valence-electron chi connectivity index (χ4n) is 1.87. The van der Waals surface area contributed by atoms with Crippen LogP contribution in [0.2, 0.25) is 0 Å². The molecule has 0 bridgehead atoms. The molecule has 0 aromatic carbocycles. The minimum Gasteiger partial charge on any atom is -0.359 e. The van der Waals surface area contributed by atoms with E-state index in [-0.39, 0.29) is 24.4 Å². The van der Waals surface area contributed by atoms with Crippen molar-refractivity contribution >= 4 is 18.3 Å². The van der Waals surface area contributed by atoms with Crippen LogP contribution in [0.1, 0.15) is 30.7 Å². The van der Waals surface area contributed by atoms with Gasteiger partial charge in [-0.1, -0.05) is 11.6 Å². The van der Waals surface area contributed by atoms with Crippen molar-refractivity contribution in [3.05, 3.63) is 17.5 Å². The summed E-state index contributed by atoms with van der Waals surface area (Å²) in [5.74, 6) is 0.746. The van der Waals surface area contributed by atoms with Gasteiger partial charge in [0.1, 0.15) is 0 Å². The molecule has 17 heavy (non-hydrogen) atoms. The Labute approximate surface area is 107 Å². The topological polar surface area (TPSA) is 67.2 Å². The Morgan fingerprint density at radius 1 is 1.65 bits per heavy atom. The van der Waals surface area contributed by atoms with Gasteiger partial charge in [0.05, 0.1) is 18.3 Å². The highest BCUT2D eigenvalue weighted by molar-refractivity contribution is 5.85. The van der Waals surface area contributed by atoms with Crippen LogP contribution in [0.5, 0.6) is 0 Å². The molecule has 2 heterocycles. The first-order valence-electron chi connectivity index (χ1n) is 5.69. The van der Waals surface area contributed by atoms with Crippen LogP contribution in [0, 0.1) is 6.92 Å². The van der Waals surface area contributed by atoms with Gasteiger partial charge < -0.3 is 15.2 Å². The summed E-state index contributed by atoms with van der Waals surface area (Å²) in [5, 5.41) is 9.81. The average molecular weight is 260 g/mol. The minimum atomic E-state index is -0.0437. The molecule has 5 nitrogen and oxygen atoms in total. The van der Waals surface area contributed by atoms with Gasteiger partial charge in [0.15, 0.2) is 5.76 Å². The number of piperidine rings is 1. The Morgan fingerprint density at radius 3 is 3.06 bits per heavy atom. The Bertz CT molecular complexity index is 361. The van der Waals surface area contributed by atoms with E-state index in [9.17, 15) is 4.79 Å². The molecular weight excluding hydrogens is 242 g/mol. The number of nitrogens with zero attached hydrogens (tertiary/aromatic N) is 1. The van der Waals surface area contributed by atoms with E-state index >= 15 is 0 Å². The molecule has 0 unspecified atom stereocenters. The van der Waals surface area contributed by atoms with Crippen LogP contribution in [0.25, 0.3) is 0 Å². The van der Waals surface area contributed by atoms with E-state index in [0.717, 1.165) is 31.5 Å². The predicted molar refractivity (Wildman–Crippen MR) is 66.0 cm³/mol. The summed E-state index contributed by atoms with van der Waals surface area (Å²) < 4.78 is 5.02. The largest absolute Gasteiger partial charge is 0.359 e. The number of halogens is 1. The van der Waals surface area contributed by atoms with Crippen molar-refractivity contribution < 1.29 is 9.32 Å². The monoisotopic (exact) mass is 259 g/mol. The summed E-state index contributed by atoms with van der Waals surface area (Å²) in [6.07, 6.45) is 3.19. The van der Waals surface area contributed by atoms with Crippen LogP contribution in [0.4, 0.5) is 0 Å². The summed E-state index contributed by atoms with van der Waals surface area (Å²) in [7, 11) is 0. The van der Waals surface area contributed by atoms with Gasteiger partial charge in [-0.2, -0.15) is 0 Å². The van der Waals surface area contributed by atoms with Gasteiger partial charge in [-0.25, -0.2) is 0 Å². The maximum absolute atomic E-state index is 11.7. The predicted octanol–water partition coefficient (Wildman–Crippen LogP) is 1.16. The van der Waals surface area contributed by atoms with Gasteiger partial charge in [0, 0.05) is 6.07 Å². The molecule has 0 spiro atoms. The molecular formula is C11H18ClN3O2. The second kappa shape index (κ2) is 6.61. The summed E-state index contributed by atoms with van der Waals surface area (Å²) in [6, 6.07) is 1.78. The maximum Gasteiger partial charge on any atom is 0.237 e. The van der Waals surface area contributed by atoms with Gasteiger partial charge in [0.25, 0.3) is 0 Å². The number of hydrogen-bond donors (Lipinski definition) is 2. The lowest BCUT2D eigenvalue weighted by molar-refractivity contribution is -0.123. The van der Waals surface area contributed by atoms with Crippen LogP contribution < -0.4 is 10.6 Å². The van der Waals surface area contributed by atoms with Crippen molar-refractivity contribution in [1.29, 1.82) is 0 Å². The zero-order valence-electron chi connectivity index (χ0n) is 9.86. The Hall–Kier alpha value is -1.07. The number of aryl methyl sites for hydroxylation is 1. The molecule has 96 valence electrons. The molecule has 1 aromatic heterocycles. The van der Waals surface area contributed by atoms with E-state index in [4.69, 9.17) is 4.52 Å². The van der Waals surface area contributed by atoms with Crippen LogP contribution in [0.3, 0.4) is 0 Å². The molecule has 1 aromatic rings. The Morgan fingerprint density at radius 2 is 2.47 bits per heavy atom. The molecule has 6 heteroatoms. The third-order valence-corrected chi connectivity index (χ3v) is 2.74. The normalized spacial score (nSPS) is 19.5. The molecule has 1 atom stereocenters. The van der Waals surface area contributed by atoms with Crippen molar-refractivity contribution in [3.8, 4) is 0 Å². The lowest BCUT2D eigenvalue weighted by Crippen LogP contribution is -2.46. The first kappa shape index (κ1) is 14.0. The van der Waals surface area contributed by atoms with E-state index < -0.39 is 0 Å². The average Bonchev–Trinajstić information content (AvgIpc) is 2.73. The number of carbonyl (C=O) groups is 1. The molecule has 1 fully saturated rings. The van der Waals surface area contributed by atoms with E-state index in [1.807, 2.05) is 13.0 Å². The first-order chi connectivity index (χ1) is 7.75. The molecule has 2 rings (SSSR count). The van der Waals surface area contributed by atoms with Gasteiger partial charge in [0.2, 0.25) is 5.91 Å². The number of amides is 1. The number of hydrogen-bond acceptors (Lipinski definition) is 4. The molecule has 0 radical (unpaired) electrons. The van der Waals surface area contributed by atoms with Crippen LogP contribution in [-0.2, 0) is 11.3 Å². The smallest absolute Gasteiger partial charge is 0.237 e. The maximum atomic E-state index is 11.7. The third kappa shape index (κ3) is 4.02. The van der Waals surface area contributed by atoms with Crippen molar-refractivity contribution in [2.75, 3.05) is 6.54 Å². The van der Waals surface area contributed by atoms with E-state index in [1.165, 1.54) is 0 Å². The van der Waals surface area contributed by atoms with Crippen molar-refractivity contribution in [1.82, 2.24) is 15.8 Å². The first-order valence-corrected chi connectivity index (χ1v) is 5.69. The summed E-state index contributed by atoms with van der Waals surface area (Å²) in [5.41, 5.74) is 0.833. The van der Waals surface area contributed by atoms with Crippen LogP contribution in [-0.4, -0.2) is 23.7 Å². The SMILES string of the molecule is Cc1cc(CNC(=O)[C@H]2CCCCN2)on1.Cl. The van der Waals surface area contributed by atoms with Gasteiger partial charge in [-0.3, -0.25) is 4.79 Å². The molecule has 0 saturated carbocycles. The summed E-state index contributed by atoms with van der Waals surface area (Å²) in [6.45, 7) is 3.20. The van der Waals surface area contributed by atoms with Crippen molar-refractivity contribution in [2.24, 2.45) is 0 Å². The minimum absolute atomic E-state index is 0. The molecule has 0 aliphatic carbocycles.